The van der Waals surface area contributed by atoms with Gasteiger partial charge in [0.05, 0.1) is 0 Å². The molecule has 3 aromatic carbocycles. The SMILES string of the molecule is c1ccc2c(c1)-c1ccc(cc1)CSCCCCSCc1ccc-2cc1. The van der Waals surface area contributed by atoms with Crippen LogP contribution < -0.4 is 0 Å². The van der Waals surface area contributed by atoms with E-state index in [9.17, 15) is 0 Å². The minimum Gasteiger partial charge on any atom is -0.157 e. The van der Waals surface area contributed by atoms with E-state index >= 15 is 0 Å². The molecule has 0 spiro atoms. The maximum Gasteiger partial charge on any atom is 0.0184 e. The molecule has 26 heavy (non-hydrogen) atoms. The van der Waals surface area contributed by atoms with Crippen LogP contribution in [0.5, 0.6) is 0 Å². The first-order valence-corrected chi connectivity index (χ1v) is 11.6. The molecule has 0 radical (unpaired) electrons. The van der Waals surface area contributed by atoms with E-state index in [2.05, 4.69) is 96.3 Å². The van der Waals surface area contributed by atoms with E-state index in [0.717, 1.165) is 11.5 Å². The third-order valence-electron chi connectivity index (χ3n) is 4.82. The number of benzene rings is 3. The number of hydrogen-bond donors (Lipinski definition) is 0. The lowest BCUT2D eigenvalue weighted by molar-refractivity contribution is 0.906. The summed E-state index contributed by atoms with van der Waals surface area (Å²) in [6.07, 6.45) is 2.64. The molecule has 0 amide bonds. The van der Waals surface area contributed by atoms with Crippen molar-refractivity contribution in [1.29, 1.82) is 0 Å². The monoisotopic (exact) mass is 376 g/mol. The second kappa shape index (κ2) is 8.83. The first-order chi connectivity index (χ1) is 12.9. The summed E-state index contributed by atoms with van der Waals surface area (Å²) >= 11 is 4.12. The summed E-state index contributed by atoms with van der Waals surface area (Å²) in [5.41, 5.74) is 8.09. The lowest BCUT2D eigenvalue weighted by Gasteiger charge is -2.12. The van der Waals surface area contributed by atoms with Gasteiger partial charge in [-0.3, -0.25) is 0 Å². The van der Waals surface area contributed by atoms with E-state index in [-0.39, 0.29) is 0 Å². The molecule has 0 aromatic heterocycles. The highest BCUT2D eigenvalue weighted by atomic mass is 32.2. The zero-order chi connectivity index (χ0) is 17.6. The van der Waals surface area contributed by atoms with Gasteiger partial charge in [0.25, 0.3) is 0 Å². The van der Waals surface area contributed by atoms with Gasteiger partial charge in [-0.1, -0.05) is 72.8 Å². The quantitative estimate of drug-likeness (QED) is 0.404. The van der Waals surface area contributed by atoms with Crippen LogP contribution in [0.1, 0.15) is 24.0 Å². The minimum atomic E-state index is 1.12. The Kier molecular flexibility index (Phi) is 6.03. The molecular formula is C24H24S2. The van der Waals surface area contributed by atoms with Gasteiger partial charge >= 0.3 is 0 Å². The molecule has 0 fully saturated rings. The fourth-order valence-corrected chi connectivity index (χ4v) is 5.30. The van der Waals surface area contributed by atoms with Gasteiger partial charge in [-0.05, 0) is 57.7 Å². The maximum atomic E-state index is 2.29. The summed E-state index contributed by atoms with van der Waals surface area (Å²) < 4.78 is 0. The molecule has 0 aliphatic carbocycles. The Balaban J connectivity index is 1.71. The van der Waals surface area contributed by atoms with E-state index in [4.69, 9.17) is 0 Å². The topological polar surface area (TPSA) is 0 Å². The molecule has 3 heterocycles. The largest absolute Gasteiger partial charge is 0.157 e. The van der Waals surface area contributed by atoms with Crippen LogP contribution in [-0.4, -0.2) is 11.5 Å². The Morgan fingerprint density at radius 2 is 0.923 bits per heavy atom. The Bertz CT molecular complexity index is 762. The molecule has 0 unspecified atom stereocenters. The molecule has 132 valence electrons. The molecule has 3 aromatic rings. The average Bonchev–Trinajstić information content (AvgIpc) is 2.70. The summed E-state index contributed by atoms with van der Waals surface area (Å²) in [7, 11) is 0. The van der Waals surface area contributed by atoms with Crippen molar-refractivity contribution in [2.24, 2.45) is 0 Å². The molecule has 0 nitrogen and oxygen atoms in total. The van der Waals surface area contributed by atoms with Crippen molar-refractivity contribution < 1.29 is 0 Å². The number of fused-ring (bicyclic) bond motifs is 2. The highest BCUT2D eigenvalue weighted by Gasteiger charge is 2.08. The highest BCUT2D eigenvalue weighted by Crippen LogP contribution is 2.33. The van der Waals surface area contributed by atoms with Crippen LogP contribution in [0.4, 0.5) is 0 Å². The predicted octanol–water partition coefficient (Wildman–Crippen LogP) is 7.28. The molecule has 3 aliphatic heterocycles. The second-order valence-electron chi connectivity index (χ2n) is 6.75. The van der Waals surface area contributed by atoms with Crippen molar-refractivity contribution in [3.8, 4) is 22.3 Å². The van der Waals surface area contributed by atoms with Gasteiger partial charge in [0.2, 0.25) is 0 Å². The second-order valence-corrected chi connectivity index (χ2v) is 8.96. The van der Waals surface area contributed by atoms with Crippen molar-refractivity contribution in [3.05, 3.63) is 83.9 Å². The van der Waals surface area contributed by atoms with Crippen LogP contribution in [-0.2, 0) is 11.5 Å². The molecule has 6 rings (SSSR count). The van der Waals surface area contributed by atoms with Crippen LogP contribution in [0, 0.1) is 0 Å². The summed E-state index contributed by atoms with van der Waals surface area (Å²) in [6, 6.07) is 27.0. The zero-order valence-corrected chi connectivity index (χ0v) is 16.6. The molecule has 0 atom stereocenters. The van der Waals surface area contributed by atoms with Gasteiger partial charge in [0.1, 0.15) is 0 Å². The van der Waals surface area contributed by atoms with Crippen LogP contribution >= 0.6 is 23.5 Å². The van der Waals surface area contributed by atoms with Crippen LogP contribution in [0.15, 0.2) is 72.8 Å². The van der Waals surface area contributed by atoms with Crippen molar-refractivity contribution in [3.63, 3.8) is 0 Å². The average molecular weight is 377 g/mol. The van der Waals surface area contributed by atoms with Gasteiger partial charge in [-0.25, -0.2) is 0 Å². The van der Waals surface area contributed by atoms with Gasteiger partial charge < -0.3 is 0 Å². The Morgan fingerprint density at radius 1 is 0.500 bits per heavy atom. The number of thioether (sulfide) groups is 2. The van der Waals surface area contributed by atoms with Gasteiger partial charge in [-0.2, -0.15) is 23.5 Å². The van der Waals surface area contributed by atoms with E-state index in [0.29, 0.717) is 0 Å². The minimum absolute atomic E-state index is 1.12. The third kappa shape index (κ3) is 4.36. The molecule has 0 saturated heterocycles. The van der Waals surface area contributed by atoms with Crippen LogP contribution in [0.3, 0.4) is 0 Å². The summed E-state index contributed by atoms with van der Waals surface area (Å²) in [5.74, 6) is 4.77. The van der Waals surface area contributed by atoms with Crippen molar-refractivity contribution in [2.75, 3.05) is 11.5 Å². The van der Waals surface area contributed by atoms with E-state index in [1.165, 1.54) is 57.7 Å². The van der Waals surface area contributed by atoms with Gasteiger partial charge in [0.15, 0.2) is 0 Å². The Hall–Kier alpha value is -1.64. The lowest BCUT2D eigenvalue weighted by atomic mass is 9.94. The molecular weight excluding hydrogens is 352 g/mol. The van der Waals surface area contributed by atoms with E-state index in [1.54, 1.807) is 0 Å². The first-order valence-electron chi connectivity index (χ1n) is 9.33. The standard InChI is InChI=1S/C24H24S2/c1-2-6-24-22-13-9-20(10-14-22)18-26-16-4-3-15-25-17-19-7-11-21(12-8-19)23(24)5-1/h1-2,5-14H,3-4,15-18H2. The fourth-order valence-electron chi connectivity index (χ4n) is 3.34. The number of hydrogen-bond acceptors (Lipinski definition) is 2. The van der Waals surface area contributed by atoms with Gasteiger partial charge in [-0.15, -0.1) is 0 Å². The molecule has 2 heteroatoms. The molecule has 0 N–H and O–H groups in total. The third-order valence-corrected chi connectivity index (χ3v) is 7.05. The summed E-state index contributed by atoms with van der Waals surface area (Å²) in [5, 5.41) is 0. The number of rotatable bonds is 0. The lowest BCUT2D eigenvalue weighted by Crippen LogP contribution is -1.90. The van der Waals surface area contributed by atoms with Crippen LogP contribution in [0.2, 0.25) is 0 Å². The van der Waals surface area contributed by atoms with E-state index in [1.807, 2.05) is 0 Å². The molecule has 3 aliphatic rings. The first kappa shape index (κ1) is 17.8. The smallest absolute Gasteiger partial charge is 0.0184 e. The van der Waals surface area contributed by atoms with Gasteiger partial charge in [0, 0.05) is 11.5 Å². The van der Waals surface area contributed by atoms with Crippen LogP contribution in [0.25, 0.3) is 22.3 Å². The zero-order valence-electron chi connectivity index (χ0n) is 15.0. The van der Waals surface area contributed by atoms with Crippen molar-refractivity contribution in [1.82, 2.24) is 0 Å². The maximum absolute atomic E-state index is 2.29. The molecule has 0 saturated carbocycles. The Morgan fingerprint density at radius 3 is 1.35 bits per heavy atom. The fraction of sp³-hybridized carbons (Fsp3) is 0.250. The highest BCUT2D eigenvalue weighted by molar-refractivity contribution is 7.98. The normalized spacial score (nSPS) is 15.2. The summed E-state index contributed by atoms with van der Waals surface area (Å²) in [6.45, 7) is 0. The summed E-state index contributed by atoms with van der Waals surface area (Å²) in [4.78, 5) is 0. The van der Waals surface area contributed by atoms with E-state index < -0.39 is 0 Å². The molecule has 4 bridgehead atoms. The van der Waals surface area contributed by atoms with Crippen molar-refractivity contribution >= 4 is 23.5 Å². The predicted molar refractivity (Wildman–Crippen MR) is 119 cm³/mol. The Labute approximate surface area is 165 Å². The van der Waals surface area contributed by atoms with Crippen molar-refractivity contribution in [2.45, 2.75) is 24.3 Å².